The van der Waals surface area contributed by atoms with E-state index in [1.165, 1.54) is 5.56 Å². The monoisotopic (exact) mass is 466 g/mol. The van der Waals surface area contributed by atoms with Crippen molar-refractivity contribution in [3.05, 3.63) is 119 Å². The molecule has 2 aromatic heterocycles. The van der Waals surface area contributed by atoms with Gasteiger partial charge in [0.05, 0.1) is 27.0 Å². The van der Waals surface area contributed by atoms with Gasteiger partial charge < -0.3 is 9.88 Å². The number of hydrogen-bond acceptors (Lipinski definition) is 4. The molecule has 1 N–H and O–H groups in total. The van der Waals surface area contributed by atoms with Gasteiger partial charge in [-0.15, -0.1) is 11.3 Å². The number of carbonyl (C=O) groups is 1. The number of benzene rings is 3. The van der Waals surface area contributed by atoms with Crippen LogP contribution in [0.4, 0.5) is 0 Å². The Bertz CT molecular complexity index is 1340. The highest BCUT2D eigenvalue weighted by Crippen LogP contribution is 2.32. The molecule has 5 rings (SSSR count). The van der Waals surface area contributed by atoms with Gasteiger partial charge in [-0.25, -0.2) is 9.97 Å². The van der Waals surface area contributed by atoms with E-state index in [9.17, 15) is 4.79 Å². The maximum Gasteiger partial charge on any atom is 0.231 e. The fraction of sp³-hybridized carbons (Fsp3) is 0.179. The molecule has 0 radical (unpaired) electrons. The molecule has 3 aromatic carbocycles. The summed E-state index contributed by atoms with van der Waals surface area (Å²) in [5, 5.41) is 4.14. The average Bonchev–Trinajstić information content (AvgIpc) is 3.53. The predicted molar refractivity (Wildman–Crippen MR) is 137 cm³/mol. The van der Waals surface area contributed by atoms with Gasteiger partial charge in [0.1, 0.15) is 0 Å². The van der Waals surface area contributed by atoms with E-state index in [1.54, 1.807) is 17.5 Å². The standard InChI is InChI=1S/C28H26N4OS/c1-28(23-7-3-2-4-8-23,17-26-31-24-9-5-6-10-25(24)34-26)27(33)30-18-21-11-13-22(14-12-21)19-32-16-15-29-20-32/h2-16,20H,17-19H2,1H3,(H,30,33)/t28-/m1/s1. The Kier molecular flexibility index (Phi) is 6.23. The number of nitrogens with zero attached hydrogens (tertiary/aromatic N) is 3. The van der Waals surface area contributed by atoms with Crippen LogP contribution in [0.1, 0.15) is 28.6 Å². The summed E-state index contributed by atoms with van der Waals surface area (Å²) in [5.74, 6) is 0.000415. The predicted octanol–water partition coefficient (Wildman–Crippen LogP) is 5.36. The van der Waals surface area contributed by atoms with Gasteiger partial charge in [-0.1, -0.05) is 66.7 Å². The molecule has 0 aliphatic rings. The molecule has 0 aliphatic heterocycles. The molecule has 6 heteroatoms. The summed E-state index contributed by atoms with van der Waals surface area (Å²) in [6, 6.07) is 26.4. The van der Waals surface area contributed by atoms with Crippen LogP contribution < -0.4 is 5.32 Å². The van der Waals surface area contributed by atoms with Gasteiger partial charge in [0.25, 0.3) is 0 Å². The van der Waals surface area contributed by atoms with Crippen molar-refractivity contribution in [3.63, 3.8) is 0 Å². The van der Waals surface area contributed by atoms with E-state index >= 15 is 0 Å². The summed E-state index contributed by atoms with van der Waals surface area (Å²) < 4.78 is 3.17. The van der Waals surface area contributed by atoms with E-state index in [4.69, 9.17) is 4.98 Å². The van der Waals surface area contributed by atoms with Crippen molar-refractivity contribution in [1.29, 1.82) is 0 Å². The lowest BCUT2D eigenvalue weighted by Gasteiger charge is -2.28. The van der Waals surface area contributed by atoms with Crippen LogP contribution in [-0.4, -0.2) is 20.4 Å². The molecular formula is C28H26N4OS. The lowest BCUT2D eigenvalue weighted by atomic mass is 9.78. The summed E-state index contributed by atoms with van der Waals surface area (Å²) >= 11 is 1.66. The number of carbonyl (C=O) groups excluding carboxylic acids is 1. The van der Waals surface area contributed by atoms with Crippen LogP contribution in [0.2, 0.25) is 0 Å². The number of rotatable bonds is 8. The molecule has 2 heterocycles. The summed E-state index contributed by atoms with van der Waals surface area (Å²) in [6.45, 7) is 3.27. The smallest absolute Gasteiger partial charge is 0.231 e. The van der Waals surface area contributed by atoms with Crippen LogP contribution in [0.3, 0.4) is 0 Å². The fourth-order valence-electron chi connectivity index (χ4n) is 4.15. The maximum atomic E-state index is 13.6. The van der Waals surface area contributed by atoms with Crippen LogP contribution in [0, 0.1) is 0 Å². The van der Waals surface area contributed by atoms with Gasteiger partial charge in [-0.3, -0.25) is 4.79 Å². The van der Waals surface area contributed by atoms with Crippen LogP contribution in [0.25, 0.3) is 10.2 Å². The Hall–Kier alpha value is -3.77. The van der Waals surface area contributed by atoms with Gasteiger partial charge in [0, 0.05) is 31.9 Å². The lowest BCUT2D eigenvalue weighted by Crippen LogP contribution is -2.43. The molecule has 1 amide bonds. The SMILES string of the molecule is C[C@](Cc1nc2ccccc2s1)(C(=O)NCc1ccc(Cn2ccnc2)cc1)c1ccccc1. The number of para-hydroxylation sites is 1. The Labute approximate surface area is 203 Å². The third kappa shape index (κ3) is 4.77. The first kappa shape index (κ1) is 22.0. The molecule has 170 valence electrons. The third-order valence-electron chi connectivity index (χ3n) is 6.16. The van der Waals surface area contributed by atoms with Crippen LogP contribution in [0.15, 0.2) is 97.6 Å². The summed E-state index contributed by atoms with van der Waals surface area (Å²) in [7, 11) is 0. The first-order valence-electron chi connectivity index (χ1n) is 11.3. The largest absolute Gasteiger partial charge is 0.351 e. The van der Waals surface area contributed by atoms with Crippen molar-refractivity contribution >= 4 is 27.5 Å². The molecule has 0 spiro atoms. The Morgan fingerprint density at radius 2 is 1.71 bits per heavy atom. The summed E-state index contributed by atoms with van der Waals surface area (Å²) in [4.78, 5) is 22.5. The molecule has 0 bridgehead atoms. The molecule has 0 saturated heterocycles. The van der Waals surface area contributed by atoms with Gasteiger partial charge in [-0.05, 0) is 35.7 Å². The Morgan fingerprint density at radius 1 is 0.971 bits per heavy atom. The number of hydrogen-bond donors (Lipinski definition) is 1. The van der Waals surface area contributed by atoms with Gasteiger partial charge >= 0.3 is 0 Å². The molecule has 0 aliphatic carbocycles. The Balaban J connectivity index is 1.32. The van der Waals surface area contributed by atoms with Crippen molar-refractivity contribution in [2.24, 2.45) is 0 Å². The summed E-state index contributed by atoms with van der Waals surface area (Å²) in [5.41, 5.74) is 3.50. The topological polar surface area (TPSA) is 59.8 Å². The minimum atomic E-state index is -0.726. The normalized spacial score (nSPS) is 13.0. The van der Waals surface area contributed by atoms with E-state index in [2.05, 4.69) is 40.6 Å². The zero-order chi connectivity index (χ0) is 23.4. The van der Waals surface area contributed by atoms with Crippen molar-refractivity contribution in [2.75, 3.05) is 0 Å². The molecule has 0 saturated carbocycles. The van der Waals surface area contributed by atoms with E-state index in [0.717, 1.165) is 32.9 Å². The van der Waals surface area contributed by atoms with Crippen LogP contribution in [-0.2, 0) is 29.7 Å². The van der Waals surface area contributed by atoms with E-state index in [1.807, 2.05) is 72.5 Å². The van der Waals surface area contributed by atoms with Crippen molar-refractivity contribution in [1.82, 2.24) is 19.9 Å². The molecule has 34 heavy (non-hydrogen) atoms. The zero-order valence-electron chi connectivity index (χ0n) is 19.0. The van der Waals surface area contributed by atoms with E-state index in [-0.39, 0.29) is 5.91 Å². The molecule has 0 fully saturated rings. The van der Waals surface area contributed by atoms with Crippen LogP contribution in [0.5, 0.6) is 0 Å². The first-order chi connectivity index (χ1) is 16.6. The number of nitrogens with one attached hydrogen (secondary N) is 1. The number of fused-ring (bicyclic) bond motifs is 1. The van der Waals surface area contributed by atoms with Crippen molar-refractivity contribution < 1.29 is 4.79 Å². The third-order valence-corrected chi connectivity index (χ3v) is 7.19. The minimum absolute atomic E-state index is 0.000415. The van der Waals surface area contributed by atoms with Gasteiger partial charge in [-0.2, -0.15) is 0 Å². The zero-order valence-corrected chi connectivity index (χ0v) is 19.8. The second kappa shape index (κ2) is 9.61. The average molecular weight is 467 g/mol. The van der Waals surface area contributed by atoms with Gasteiger partial charge in [0.2, 0.25) is 5.91 Å². The number of amides is 1. The quantitative estimate of drug-likeness (QED) is 0.335. The maximum absolute atomic E-state index is 13.6. The number of thiazole rings is 1. The molecule has 5 nitrogen and oxygen atoms in total. The second-order valence-electron chi connectivity index (χ2n) is 8.68. The molecular weight excluding hydrogens is 440 g/mol. The molecule has 0 unspecified atom stereocenters. The highest BCUT2D eigenvalue weighted by atomic mass is 32.1. The number of aromatic nitrogens is 3. The molecule has 1 atom stereocenters. The molecule has 5 aromatic rings. The second-order valence-corrected chi connectivity index (χ2v) is 9.80. The highest BCUT2D eigenvalue weighted by Gasteiger charge is 2.36. The first-order valence-corrected chi connectivity index (χ1v) is 12.1. The van der Waals surface area contributed by atoms with Gasteiger partial charge in [0.15, 0.2) is 0 Å². The van der Waals surface area contributed by atoms with Crippen LogP contribution >= 0.6 is 11.3 Å². The minimum Gasteiger partial charge on any atom is -0.351 e. The summed E-state index contributed by atoms with van der Waals surface area (Å²) in [6.07, 6.45) is 6.09. The van der Waals surface area contributed by atoms with E-state index in [0.29, 0.717) is 13.0 Å². The lowest BCUT2D eigenvalue weighted by molar-refractivity contribution is -0.126. The number of imidazole rings is 1. The Morgan fingerprint density at radius 3 is 2.44 bits per heavy atom. The highest BCUT2D eigenvalue weighted by molar-refractivity contribution is 7.18. The fourth-order valence-corrected chi connectivity index (χ4v) is 5.27. The van der Waals surface area contributed by atoms with E-state index < -0.39 is 5.41 Å². The van der Waals surface area contributed by atoms with Crippen molar-refractivity contribution in [3.8, 4) is 0 Å². The van der Waals surface area contributed by atoms with Crippen molar-refractivity contribution in [2.45, 2.75) is 31.8 Å².